The highest BCUT2D eigenvalue weighted by molar-refractivity contribution is 5.85. The summed E-state index contributed by atoms with van der Waals surface area (Å²) in [6.07, 6.45) is 3.72. The van der Waals surface area contributed by atoms with Crippen molar-refractivity contribution in [2.45, 2.75) is 38.6 Å². The molecule has 2 saturated heterocycles. The molecule has 0 aromatic carbocycles. The lowest BCUT2D eigenvalue weighted by molar-refractivity contribution is -0.147. The summed E-state index contributed by atoms with van der Waals surface area (Å²) < 4.78 is 13.2. The number of rotatable bonds is 3. The monoisotopic (exact) mass is 380 g/mol. The zero-order valence-corrected chi connectivity index (χ0v) is 15.6. The molecule has 24 heavy (non-hydrogen) atoms. The number of ether oxygens (including phenoxy) is 2. The van der Waals surface area contributed by atoms with Gasteiger partial charge in [0.15, 0.2) is 0 Å². The van der Waals surface area contributed by atoms with E-state index in [2.05, 4.69) is 10.4 Å². The standard InChI is InChI=1S/C15H24N4O3.2ClH/c1-11-7-17-19(8-11)10-13-9-18(4-6-22-13)15(20)14-12(2)21-5-3-16-14;;/h7-8,12-14,16H,3-6,9-10H2,1-2H3;2*1H/t12-,13?,14+;;/m1../s1. The first-order valence-electron chi connectivity index (χ1n) is 7.88. The summed E-state index contributed by atoms with van der Waals surface area (Å²) in [6, 6.07) is -0.251. The SMILES string of the molecule is Cc1cnn(CC2CN(C(=O)[C@H]3NCCO[C@@H]3C)CCO2)c1.Cl.Cl. The molecule has 0 spiro atoms. The fourth-order valence-corrected chi connectivity index (χ4v) is 3.01. The van der Waals surface area contributed by atoms with E-state index in [0.29, 0.717) is 32.8 Å². The maximum atomic E-state index is 12.7. The Morgan fingerprint density at radius 3 is 2.83 bits per heavy atom. The molecule has 3 rings (SSSR count). The predicted molar refractivity (Wildman–Crippen MR) is 95.0 cm³/mol. The summed E-state index contributed by atoms with van der Waals surface area (Å²) in [5, 5.41) is 7.54. The molecule has 138 valence electrons. The molecular weight excluding hydrogens is 355 g/mol. The van der Waals surface area contributed by atoms with Crippen LogP contribution < -0.4 is 5.32 Å². The van der Waals surface area contributed by atoms with Crippen LogP contribution in [-0.2, 0) is 20.8 Å². The number of hydrogen-bond acceptors (Lipinski definition) is 5. The molecule has 1 unspecified atom stereocenters. The van der Waals surface area contributed by atoms with Gasteiger partial charge in [-0.3, -0.25) is 9.48 Å². The number of aryl methyl sites for hydroxylation is 1. The molecule has 0 radical (unpaired) electrons. The van der Waals surface area contributed by atoms with Gasteiger partial charge in [0.05, 0.1) is 38.2 Å². The average molecular weight is 381 g/mol. The van der Waals surface area contributed by atoms with Crippen molar-refractivity contribution < 1.29 is 14.3 Å². The van der Waals surface area contributed by atoms with Gasteiger partial charge in [-0.1, -0.05) is 0 Å². The highest BCUT2D eigenvalue weighted by Gasteiger charge is 2.34. The van der Waals surface area contributed by atoms with Gasteiger partial charge in [-0.25, -0.2) is 0 Å². The van der Waals surface area contributed by atoms with Crippen molar-refractivity contribution in [2.75, 3.05) is 32.8 Å². The van der Waals surface area contributed by atoms with E-state index >= 15 is 0 Å². The lowest BCUT2D eigenvalue weighted by atomic mass is 10.1. The Labute approximate surface area is 154 Å². The fraction of sp³-hybridized carbons (Fsp3) is 0.733. The van der Waals surface area contributed by atoms with E-state index in [1.807, 2.05) is 35.8 Å². The number of aromatic nitrogens is 2. The number of hydrogen-bond donors (Lipinski definition) is 1. The second-order valence-electron chi connectivity index (χ2n) is 6.02. The van der Waals surface area contributed by atoms with Gasteiger partial charge in [-0.2, -0.15) is 5.10 Å². The van der Waals surface area contributed by atoms with Crippen molar-refractivity contribution in [3.8, 4) is 0 Å². The van der Waals surface area contributed by atoms with Crippen LogP contribution >= 0.6 is 24.8 Å². The van der Waals surface area contributed by atoms with Crippen molar-refractivity contribution in [3.63, 3.8) is 0 Å². The van der Waals surface area contributed by atoms with Crippen molar-refractivity contribution >= 4 is 30.7 Å². The van der Waals surface area contributed by atoms with E-state index in [1.165, 1.54) is 0 Å². The van der Waals surface area contributed by atoms with Crippen LogP contribution in [0.15, 0.2) is 12.4 Å². The first-order chi connectivity index (χ1) is 10.6. The molecule has 1 aromatic rings. The van der Waals surface area contributed by atoms with Crippen LogP contribution in [0.2, 0.25) is 0 Å². The molecule has 0 aliphatic carbocycles. The van der Waals surface area contributed by atoms with Gasteiger partial charge in [-0.05, 0) is 19.4 Å². The molecule has 1 N–H and O–H groups in total. The summed E-state index contributed by atoms with van der Waals surface area (Å²) in [5.74, 6) is 0.108. The van der Waals surface area contributed by atoms with Crippen LogP contribution in [0.1, 0.15) is 12.5 Å². The molecule has 0 saturated carbocycles. The maximum absolute atomic E-state index is 12.7. The summed E-state index contributed by atoms with van der Waals surface area (Å²) in [5.41, 5.74) is 1.13. The van der Waals surface area contributed by atoms with Crippen LogP contribution in [0.25, 0.3) is 0 Å². The molecule has 2 aliphatic rings. The molecule has 9 heteroatoms. The Kier molecular flexibility index (Phi) is 8.45. The number of nitrogens with one attached hydrogen (secondary N) is 1. The fourth-order valence-electron chi connectivity index (χ4n) is 3.01. The van der Waals surface area contributed by atoms with Crippen LogP contribution in [-0.4, -0.2) is 71.7 Å². The predicted octanol–water partition coefficient (Wildman–Crippen LogP) is 0.639. The molecule has 1 amide bonds. The van der Waals surface area contributed by atoms with Gasteiger partial charge < -0.3 is 19.7 Å². The van der Waals surface area contributed by atoms with Crippen molar-refractivity contribution in [3.05, 3.63) is 18.0 Å². The number of nitrogens with zero attached hydrogens (tertiary/aromatic N) is 3. The van der Waals surface area contributed by atoms with Gasteiger partial charge in [0.25, 0.3) is 0 Å². The summed E-state index contributed by atoms with van der Waals surface area (Å²) in [7, 11) is 0. The number of halogens is 2. The summed E-state index contributed by atoms with van der Waals surface area (Å²) in [6.45, 7) is 7.81. The highest BCUT2D eigenvalue weighted by atomic mass is 35.5. The van der Waals surface area contributed by atoms with Crippen molar-refractivity contribution in [2.24, 2.45) is 0 Å². The molecule has 2 fully saturated rings. The van der Waals surface area contributed by atoms with Crippen molar-refractivity contribution in [1.82, 2.24) is 20.0 Å². The van der Waals surface area contributed by atoms with Gasteiger partial charge in [0, 0.05) is 25.8 Å². The zero-order valence-electron chi connectivity index (χ0n) is 14.0. The molecule has 0 bridgehead atoms. The lowest BCUT2D eigenvalue weighted by Gasteiger charge is -2.38. The van der Waals surface area contributed by atoms with E-state index < -0.39 is 0 Å². The second-order valence-corrected chi connectivity index (χ2v) is 6.02. The van der Waals surface area contributed by atoms with Gasteiger partial charge >= 0.3 is 0 Å². The summed E-state index contributed by atoms with van der Waals surface area (Å²) in [4.78, 5) is 14.6. The average Bonchev–Trinajstić information content (AvgIpc) is 2.92. The lowest BCUT2D eigenvalue weighted by Crippen LogP contribution is -2.59. The van der Waals surface area contributed by atoms with E-state index in [1.54, 1.807) is 0 Å². The molecular formula is C15H26Cl2N4O3. The van der Waals surface area contributed by atoms with Crippen molar-refractivity contribution in [1.29, 1.82) is 0 Å². The molecule has 1 aromatic heterocycles. The third kappa shape index (κ3) is 5.07. The number of carbonyl (C=O) groups excluding carboxylic acids is 1. The van der Waals surface area contributed by atoms with Gasteiger partial charge in [-0.15, -0.1) is 24.8 Å². The smallest absolute Gasteiger partial charge is 0.242 e. The maximum Gasteiger partial charge on any atom is 0.242 e. The Bertz CT molecular complexity index is 529. The first-order valence-corrected chi connectivity index (χ1v) is 7.88. The zero-order chi connectivity index (χ0) is 15.5. The quantitative estimate of drug-likeness (QED) is 0.833. The first kappa shape index (κ1) is 21.2. The van der Waals surface area contributed by atoms with Crippen LogP contribution in [0.4, 0.5) is 0 Å². The van der Waals surface area contributed by atoms with E-state index in [9.17, 15) is 4.79 Å². The van der Waals surface area contributed by atoms with Gasteiger partial charge in [0.1, 0.15) is 6.04 Å². The van der Waals surface area contributed by atoms with E-state index in [4.69, 9.17) is 9.47 Å². The van der Waals surface area contributed by atoms with Gasteiger partial charge in [0.2, 0.25) is 5.91 Å². The Morgan fingerprint density at radius 2 is 2.17 bits per heavy atom. The number of amides is 1. The molecule has 2 aliphatic heterocycles. The molecule has 3 atom stereocenters. The normalized spacial score (nSPS) is 27.1. The molecule has 3 heterocycles. The second kappa shape index (κ2) is 9.58. The minimum absolute atomic E-state index is 0. The number of morpholine rings is 2. The van der Waals surface area contributed by atoms with Crippen LogP contribution in [0, 0.1) is 6.92 Å². The molecule has 7 nitrogen and oxygen atoms in total. The van der Waals surface area contributed by atoms with Crippen LogP contribution in [0.5, 0.6) is 0 Å². The Hall–Kier alpha value is -0.860. The third-order valence-electron chi connectivity index (χ3n) is 4.19. The Balaban J connectivity index is 0.00000144. The van der Waals surface area contributed by atoms with Crippen LogP contribution in [0.3, 0.4) is 0 Å². The topological polar surface area (TPSA) is 68.6 Å². The van der Waals surface area contributed by atoms with E-state index in [-0.39, 0.29) is 49.0 Å². The minimum Gasteiger partial charge on any atom is -0.375 e. The number of carbonyl (C=O) groups is 1. The highest BCUT2D eigenvalue weighted by Crippen LogP contribution is 2.13. The minimum atomic E-state index is -0.251. The largest absolute Gasteiger partial charge is 0.375 e. The summed E-state index contributed by atoms with van der Waals surface area (Å²) >= 11 is 0. The third-order valence-corrected chi connectivity index (χ3v) is 4.19. The Morgan fingerprint density at radius 1 is 1.38 bits per heavy atom. The van der Waals surface area contributed by atoms with E-state index in [0.717, 1.165) is 12.1 Å².